The minimum absolute atomic E-state index is 0.0541. The molecular formula is C14H9BrF3NO4. The van der Waals surface area contributed by atoms with Gasteiger partial charge in [0, 0.05) is 5.69 Å². The second kappa shape index (κ2) is 6.86. The van der Waals surface area contributed by atoms with Crippen molar-refractivity contribution in [1.29, 1.82) is 0 Å². The molecule has 0 saturated carbocycles. The number of anilines is 1. The summed E-state index contributed by atoms with van der Waals surface area (Å²) in [5.41, 5.74) is -0.950. The number of hydrogen-bond acceptors (Lipinski definition) is 4. The molecule has 23 heavy (non-hydrogen) atoms. The maximum atomic E-state index is 12.6. The van der Waals surface area contributed by atoms with Crippen LogP contribution in [0, 0.1) is 0 Å². The van der Waals surface area contributed by atoms with E-state index in [4.69, 9.17) is 4.42 Å². The topological polar surface area (TPSA) is 68.5 Å². The van der Waals surface area contributed by atoms with Gasteiger partial charge in [0.2, 0.25) is 5.76 Å². The number of amides is 1. The Hall–Kier alpha value is -2.29. The Morgan fingerprint density at radius 3 is 2.57 bits per heavy atom. The van der Waals surface area contributed by atoms with Crippen LogP contribution >= 0.6 is 15.9 Å². The molecule has 0 radical (unpaired) electrons. The van der Waals surface area contributed by atoms with Crippen LogP contribution in [0.15, 0.2) is 45.5 Å². The number of esters is 1. The average molecular weight is 392 g/mol. The van der Waals surface area contributed by atoms with Gasteiger partial charge in [0.25, 0.3) is 5.91 Å². The fourth-order valence-electron chi connectivity index (χ4n) is 1.60. The molecule has 2 aromatic rings. The van der Waals surface area contributed by atoms with E-state index >= 15 is 0 Å². The second-order valence-electron chi connectivity index (χ2n) is 4.31. The molecule has 0 aliphatic carbocycles. The molecule has 0 aliphatic heterocycles. The number of carbonyl (C=O) groups is 2. The fraction of sp³-hybridized carbons (Fsp3) is 0.143. The number of rotatable bonds is 4. The summed E-state index contributed by atoms with van der Waals surface area (Å²) >= 11 is 3.00. The summed E-state index contributed by atoms with van der Waals surface area (Å²) < 4.78 is 47.6. The van der Waals surface area contributed by atoms with Crippen LogP contribution in [0.3, 0.4) is 0 Å². The second-order valence-corrected chi connectivity index (χ2v) is 5.09. The minimum atomic E-state index is -4.51. The van der Waals surface area contributed by atoms with Crippen LogP contribution in [0.25, 0.3) is 0 Å². The first-order chi connectivity index (χ1) is 10.8. The summed E-state index contributed by atoms with van der Waals surface area (Å²) in [4.78, 5) is 23.1. The number of benzene rings is 1. The molecule has 1 amide bonds. The van der Waals surface area contributed by atoms with Crippen LogP contribution in [-0.4, -0.2) is 18.5 Å². The van der Waals surface area contributed by atoms with Crippen molar-refractivity contribution in [2.24, 2.45) is 0 Å². The van der Waals surface area contributed by atoms with E-state index in [1.54, 1.807) is 0 Å². The zero-order chi connectivity index (χ0) is 17.0. The molecule has 0 bridgehead atoms. The number of alkyl halides is 3. The molecule has 0 fully saturated rings. The lowest BCUT2D eigenvalue weighted by Gasteiger charge is -2.09. The summed E-state index contributed by atoms with van der Waals surface area (Å²) in [5.74, 6) is -1.75. The molecule has 1 heterocycles. The van der Waals surface area contributed by atoms with Crippen molar-refractivity contribution in [3.63, 3.8) is 0 Å². The number of ether oxygens (including phenoxy) is 1. The predicted molar refractivity (Wildman–Crippen MR) is 76.8 cm³/mol. The molecular weight excluding hydrogens is 383 g/mol. The Kier molecular flexibility index (Phi) is 5.09. The smallest absolute Gasteiger partial charge is 0.416 e. The molecule has 0 unspecified atom stereocenters. The SMILES string of the molecule is O=C(COC(=O)c1ccc(Br)o1)Nc1cccc(C(F)(F)F)c1. The molecule has 0 aliphatic rings. The summed E-state index contributed by atoms with van der Waals surface area (Å²) in [7, 11) is 0. The van der Waals surface area contributed by atoms with E-state index in [0.29, 0.717) is 4.67 Å². The van der Waals surface area contributed by atoms with Gasteiger partial charge in [-0.25, -0.2) is 4.79 Å². The van der Waals surface area contributed by atoms with Gasteiger partial charge in [-0.1, -0.05) is 6.07 Å². The average Bonchev–Trinajstić information content (AvgIpc) is 2.91. The number of hydrogen-bond donors (Lipinski definition) is 1. The van der Waals surface area contributed by atoms with Gasteiger partial charge in [-0.15, -0.1) is 0 Å². The first-order valence-electron chi connectivity index (χ1n) is 6.15. The van der Waals surface area contributed by atoms with Crippen LogP contribution in [-0.2, 0) is 15.7 Å². The van der Waals surface area contributed by atoms with E-state index in [2.05, 4.69) is 26.0 Å². The zero-order valence-electron chi connectivity index (χ0n) is 11.3. The Morgan fingerprint density at radius 2 is 1.96 bits per heavy atom. The predicted octanol–water partition coefficient (Wildman–Crippen LogP) is 3.86. The van der Waals surface area contributed by atoms with Gasteiger partial charge in [0.15, 0.2) is 11.3 Å². The van der Waals surface area contributed by atoms with Crippen LogP contribution in [0.2, 0.25) is 0 Å². The molecule has 1 N–H and O–H groups in total. The Morgan fingerprint density at radius 1 is 1.22 bits per heavy atom. The van der Waals surface area contributed by atoms with Crippen molar-refractivity contribution in [3.8, 4) is 0 Å². The van der Waals surface area contributed by atoms with E-state index < -0.39 is 30.2 Å². The normalized spacial score (nSPS) is 11.1. The Bertz CT molecular complexity index is 727. The lowest BCUT2D eigenvalue weighted by Crippen LogP contribution is -2.21. The largest absolute Gasteiger partial charge is 0.450 e. The lowest BCUT2D eigenvalue weighted by atomic mass is 10.2. The number of nitrogens with one attached hydrogen (secondary N) is 1. The van der Waals surface area contributed by atoms with E-state index in [1.807, 2.05) is 0 Å². The third-order valence-corrected chi connectivity index (χ3v) is 3.01. The molecule has 0 atom stereocenters. The van der Waals surface area contributed by atoms with Gasteiger partial charge in [-0.3, -0.25) is 4.79 Å². The van der Waals surface area contributed by atoms with E-state index in [0.717, 1.165) is 18.2 Å². The molecule has 0 saturated heterocycles. The fourth-order valence-corrected chi connectivity index (χ4v) is 1.90. The van der Waals surface area contributed by atoms with Crippen LogP contribution < -0.4 is 5.32 Å². The molecule has 1 aromatic heterocycles. The summed E-state index contributed by atoms with van der Waals surface area (Å²) in [6.45, 7) is -0.659. The third-order valence-electron chi connectivity index (χ3n) is 2.58. The highest BCUT2D eigenvalue weighted by Gasteiger charge is 2.30. The highest BCUT2D eigenvalue weighted by molar-refractivity contribution is 9.10. The lowest BCUT2D eigenvalue weighted by molar-refractivity contribution is -0.137. The Balaban J connectivity index is 1.91. The van der Waals surface area contributed by atoms with Crippen molar-refractivity contribution >= 4 is 33.5 Å². The van der Waals surface area contributed by atoms with Crippen LogP contribution in [0.4, 0.5) is 18.9 Å². The molecule has 0 spiro atoms. The summed E-state index contributed by atoms with van der Waals surface area (Å²) in [5, 5.41) is 2.21. The van der Waals surface area contributed by atoms with Crippen molar-refractivity contribution < 1.29 is 31.9 Å². The van der Waals surface area contributed by atoms with Gasteiger partial charge in [0.1, 0.15) is 0 Å². The summed E-state index contributed by atoms with van der Waals surface area (Å²) in [6.07, 6.45) is -4.51. The highest BCUT2D eigenvalue weighted by atomic mass is 79.9. The molecule has 9 heteroatoms. The van der Waals surface area contributed by atoms with E-state index in [1.165, 1.54) is 18.2 Å². The summed E-state index contributed by atoms with van der Waals surface area (Å²) in [6, 6.07) is 6.92. The first kappa shape index (κ1) is 17.1. The van der Waals surface area contributed by atoms with Gasteiger partial charge >= 0.3 is 12.1 Å². The number of furan rings is 1. The van der Waals surface area contributed by atoms with E-state index in [9.17, 15) is 22.8 Å². The number of halogens is 4. The molecule has 5 nitrogen and oxygen atoms in total. The molecule has 122 valence electrons. The van der Waals surface area contributed by atoms with Gasteiger partial charge in [-0.2, -0.15) is 13.2 Å². The molecule has 1 aromatic carbocycles. The van der Waals surface area contributed by atoms with Gasteiger partial charge < -0.3 is 14.5 Å². The maximum absolute atomic E-state index is 12.6. The van der Waals surface area contributed by atoms with Crippen LogP contribution in [0.5, 0.6) is 0 Å². The van der Waals surface area contributed by atoms with E-state index in [-0.39, 0.29) is 11.4 Å². The van der Waals surface area contributed by atoms with Crippen molar-refractivity contribution in [1.82, 2.24) is 0 Å². The monoisotopic (exact) mass is 391 g/mol. The maximum Gasteiger partial charge on any atom is 0.416 e. The molecule has 2 rings (SSSR count). The minimum Gasteiger partial charge on any atom is -0.450 e. The zero-order valence-corrected chi connectivity index (χ0v) is 12.9. The quantitative estimate of drug-likeness (QED) is 0.803. The van der Waals surface area contributed by atoms with Gasteiger partial charge in [0.05, 0.1) is 5.56 Å². The van der Waals surface area contributed by atoms with Gasteiger partial charge in [-0.05, 0) is 46.3 Å². The highest BCUT2D eigenvalue weighted by Crippen LogP contribution is 2.30. The Labute approximate surface area is 136 Å². The number of carbonyl (C=O) groups excluding carboxylic acids is 2. The van der Waals surface area contributed by atoms with Crippen molar-refractivity contribution in [2.45, 2.75) is 6.18 Å². The standard InChI is InChI=1S/C14H9BrF3NO4/c15-11-5-4-10(23-11)13(21)22-7-12(20)19-9-3-1-2-8(6-9)14(16,17)18/h1-6H,7H2,(H,19,20). The third kappa shape index (κ3) is 4.85. The first-order valence-corrected chi connectivity index (χ1v) is 6.94. The van der Waals surface area contributed by atoms with Crippen LogP contribution in [0.1, 0.15) is 16.1 Å². The van der Waals surface area contributed by atoms with Crippen molar-refractivity contribution in [3.05, 3.63) is 52.4 Å². The van der Waals surface area contributed by atoms with Crippen molar-refractivity contribution in [2.75, 3.05) is 11.9 Å².